The van der Waals surface area contributed by atoms with Crippen molar-refractivity contribution in [2.24, 2.45) is 5.73 Å². The molecule has 10 nitrogen and oxygen atoms in total. The number of nitrogens with one attached hydrogen (secondary N) is 2. The molecule has 2 aromatic carbocycles. The van der Waals surface area contributed by atoms with Crippen LogP contribution in [0.5, 0.6) is 0 Å². The van der Waals surface area contributed by atoms with Crippen LogP contribution in [-0.2, 0) is 32.1 Å². The van der Waals surface area contributed by atoms with E-state index in [1.807, 2.05) is 60.7 Å². The second kappa shape index (κ2) is 14.7. The van der Waals surface area contributed by atoms with Crippen molar-refractivity contribution in [3.63, 3.8) is 0 Å². The molecule has 3 amide bonds. The molecule has 0 spiro atoms. The maximum atomic E-state index is 13.3. The van der Waals surface area contributed by atoms with Gasteiger partial charge in [-0.2, -0.15) is 0 Å². The lowest BCUT2D eigenvalue weighted by atomic mass is 10.0. The molecule has 38 heavy (non-hydrogen) atoms. The lowest BCUT2D eigenvalue weighted by molar-refractivity contribution is -0.149. The summed E-state index contributed by atoms with van der Waals surface area (Å²) in [6.07, 6.45) is 2.25. The Morgan fingerprint density at radius 3 is 2.32 bits per heavy atom. The van der Waals surface area contributed by atoms with E-state index in [0.717, 1.165) is 11.1 Å². The summed E-state index contributed by atoms with van der Waals surface area (Å²) >= 11 is 0. The first-order valence-electron chi connectivity index (χ1n) is 12.9. The topological polar surface area (TPSA) is 151 Å². The maximum Gasteiger partial charge on any atom is 0.407 e. The van der Waals surface area contributed by atoms with E-state index in [-0.39, 0.29) is 13.0 Å². The van der Waals surface area contributed by atoms with Gasteiger partial charge in [0.05, 0.1) is 6.04 Å². The highest BCUT2D eigenvalue weighted by atomic mass is 16.5. The van der Waals surface area contributed by atoms with Crippen LogP contribution in [-0.4, -0.2) is 65.1 Å². The van der Waals surface area contributed by atoms with Crippen LogP contribution in [0.2, 0.25) is 0 Å². The van der Waals surface area contributed by atoms with Crippen LogP contribution in [0, 0.1) is 0 Å². The van der Waals surface area contributed by atoms with Gasteiger partial charge in [0, 0.05) is 19.5 Å². The van der Waals surface area contributed by atoms with E-state index in [9.17, 15) is 24.3 Å². The fraction of sp³-hybridized carbons (Fsp3) is 0.429. The highest BCUT2D eigenvalue weighted by Gasteiger charge is 2.38. The molecule has 0 saturated carbocycles. The molecule has 5 N–H and O–H groups in total. The first-order valence-corrected chi connectivity index (χ1v) is 12.9. The smallest absolute Gasteiger partial charge is 0.407 e. The summed E-state index contributed by atoms with van der Waals surface area (Å²) in [5, 5.41) is 14.9. The van der Waals surface area contributed by atoms with Gasteiger partial charge >= 0.3 is 12.1 Å². The lowest BCUT2D eigenvalue weighted by Gasteiger charge is -2.28. The summed E-state index contributed by atoms with van der Waals surface area (Å²) in [6, 6.07) is 15.9. The van der Waals surface area contributed by atoms with Crippen molar-refractivity contribution in [1.29, 1.82) is 0 Å². The molecule has 0 aromatic heterocycles. The molecule has 0 bridgehead atoms. The molecule has 3 rings (SSSR count). The van der Waals surface area contributed by atoms with E-state index in [4.69, 9.17) is 10.5 Å². The molecule has 3 atom stereocenters. The van der Waals surface area contributed by atoms with Crippen LogP contribution < -0.4 is 16.4 Å². The third-order valence-corrected chi connectivity index (χ3v) is 6.48. The predicted molar refractivity (Wildman–Crippen MR) is 141 cm³/mol. The van der Waals surface area contributed by atoms with E-state index in [1.54, 1.807) is 0 Å². The van der Waals surface area contributed by atoms with Crippen molar-refractivity contribution in [3.05, 3.63) is 71.8 Å². The fourth-order valence-electron chi connectivity index (χ4n) is 4.40. The summed E-state index contributed by atoms with van der Waals surface area (Å²) in [5.74, 6) is -1.94. The first kappa shape index (κ1) is 28.6. The molecule has 1 saturated heterocycles. The number of aliphatic carboxylic acids is 1. The maximum absolute atomic E-state index is 13.3. The Balaban J connectivity index is 1.45. The van der Waals surface area contributed by atoms with Gasteiger partial charge in [-0.15, -0.1) is 0 Å². The van der Waals surface area contributed by atoms with Gasteiger partial charge in [-0.25, -0.2) is 9.59 Å². The molecule has 2 aromatic rings. The fourth-order valence-corrected chi connectivity index (χ4v) is 4.40. The summed E-state index contributed by atoms with van der Waals surface area (Å²) in [7, 11) is 0. The zero-order valence-corrected chi connectivity index (χ0v) is 21.4. The van der Waals surface area contributed by atoms with Crippen molar-refractivity contribution in [2.45, 2.75) is 63.3 Å². The van der Waals surface area contributed by atoms with E-state index < -0.39 is 42.0 Å². The molecule has 0 unspecified atom stereocenters. The van der Waals surface area contributed by atoms with Gasteiger partial charge in [-0.3, -0.25) is 9.59 Å². The molecule has 1 aliphatic rings. The Hall–Kier alpha value is -3.92. The predicted octanol–water partition coefficient (Wildman–Crippen LogP) is 2.21. The van der Waals surface area contributed by atoms with Crippen LogP contribution >= 0.6 is 0 Å². The minimum atomic E-state index is -1.05. The molecule has 1 heterocycles. The molecule has 0 aliphatic carbocycles. The zero-order chi connectivity index (χ0) is 27.3. The Morgan fingerprint density at radius 1 is 1.00 bits per heavy atom. The number of alkyl carbamates (subject to hydrolysis) is 1. The average Bonchev–Trinajstić information content (AvgIpc) is 3.42. The number of carbonyl (C=O) groups is 4. The summed E-state index contributed by atoms with van der Waals surface area (Å²) in [6.45, 7) is 0.900. The third-order valence-electron chi connectivity index (χ3n) is 6.48. The van der Waals surface area contributed by atoms with E-state index >= 15 is 0 Å². The third kappa shape index (κ3) is 8.88. The van der Waals surface area contributed by atoms with Gasteiger partial charge in [0.1, 0.15) is 18.7 Å². The number of carbonyl (C=O) groups excluding carboxylic acids is 3. The van der Waals surface area contributed by atoms with Gasteiger partial charge < -0.3 is 31.1 Å². The number of carboxylic acids is 1. The minimum absolute atomic E-state index is 0.186. The van der Waals surface area contributed by atoms with Crippen molar-refractivity contribution in [1.82, 2.24) is 15.5 Å². The monoisotopic (exact) mass is 524 g/mol. The summed E-state index contributed by atoms with van der Waals surface area (Å²) < 4.78 is 5.16. The average molecular weight is 525 g/mol. The van der Waals surface area contributed by atoms with Gasteiger partial charge in [0.15, 0.2) is 0 Å². The number of amides is 3. The number of rotatable bonds is 13. The number of nitrogens with two attached hydrogens (primary N) is 1. The first-order chi connectivity index (χ1) is 18.3. The van der Waals surface area contributed by atoms with E-state index in [2.05, 4.69) is 10.6 Å². The SMILES string of the molecule is N[C@@H](CCCCNC(=O)OCc1ccccc1)C(=O)N[C@@H](Cc1ccccc1)C(=O)N1CCC[C@H]1C(=O)O. The number of benzene rings is 2. The Bertz CT molecular complexity index is 1070. The zero-order valence-electron chi connectivity index (χ0n) is 21.4. The quantitative estimate of drug-likeness (QED) is 0.293. The van der Waals surface area contributed by atoms with Crippen molar-refractivity contribution < 1.29 is 29.0 Å². The highest BCUT2D eigenvalue weighted by Crippen LogP contribution is 2.20. The van der Waals surface area contributed by atoms with Gasteiger partial charge in [0.2, 0.25) is 11.8 Å². The molecular formula is C28H36N4O6. The van der Waals surface area contributed by atoms with Crippen LogP contribution in [0.25, 0.3) is 0 Å². The Labute approximate surface area is 222 Å². The normalized spacial score (nSPS) is 16.3. The number of nitrogens with zero attached hydrogens (tertiary/aromatic N) is 1. The highest BCUT2D eigenvalue weighted by molar-refractivity contribution is 5.92. The van der Waals surface area contributed by atoms with Crippen molar-refractivity contribution in [3.8, 4) is 0 Å². The minimum Gasteiger partial charge on any atom is -0.480 e. The molecular weight excluding hydrogens is 488 g/mol. The molecule has 1 aliphatic heterocycles. The number of ether oxygens (including phenoxy) is 1. The second-order valence-electron chi connectivity index (χ2n) is 9.37. The summed E-state index contributed by atoms with van der Waals surface area (Å²) in [5.41, 5.74) is 7.84. The van der Waals surface area contributed by atoms with Crippen molar-refractivity contribution >= 4 is 23.9 Å². The standard InChI is InChI=1S/C28H36N4O6/c29-22(14-7-8-16-30-28(37)38-19-21-12-5-2-6-13-21)25(33)31-23(18-20-10-3-1-4-11-20)26(34)32-17-9-15-24(32)27(35)36/h1-6,10-13,22-24H,7-9,14-19,29H2,(H,30,37)(H,31,33)(H,35,36)/t22-,23-,24-/m0/s1. The van der Waals surface area contributed by atoms with Gasteiger partial charge in [-0.05, 0) is 43.2 Å². The number of hydrogen-bond acceptors (Lipinski definition) is 6. The Kier molecular flexibility index (Phi) is 11.1. The van der Waals surface area contributed by atoms with E-state index in [1.165, 1.54) is 4.90 Å². The molecule has 0 radical (unpaired) electrons. The molecule has 204 valence electrons. The van der Waals surface area contributed by atoms with Crippen molar-refractivity contribution in [2.75, 3.05) is 13.1 Å². The van der Waals surface area contributed by atoms with Gasteiger partial charge in [0.25, 0.3) is 0 Å². The van der Waals surface area contributed by atoms with Crippen LogP contribution in [0.15, 0.2) is 60.7 Å². The number of unbranched alkanes of at least 4 members (excludes halogenated alkanes) is 1. The molecule has 10 heteroatoms. The lowest BCUT2D eigenvalue weighted by Crippen LogP contribution is -2.55. The second-order valence-corrected chi connectivity index (χ2v) is 9.37. The largest absolute Gasteiger partial charge is 0.480 e. The molecule has 1 fully saturated rings. The summed E-state index contributed by atoms with van der Waals surface area (Å²) in [4.78, 5) is 50.9. The van der Waals surface area contributed by atoms with Gasteiger partial charge in [-0.1, -0.05) is 60.7 Å². The van der Waals surface area contributed by atoms with Crippen LogP contribution in [0.3, 0.4) is 0 Å². The number of likely N-dealkylation sites (tertiary alicyclic amines) is 1. The number of carboxylic acid groups (broad SMARTS) is 1. The Morgan fingerprint density at radius 2 is 1.66 bits per heavy atom. The number of hydrogen-bond donors (Lipinski definition) is 4. The van der Waals surface area contributed by atoms with Crippen LogP contribution in [0.4, 0.5) is 4.79 Å². The van der Waals surface area contributed by atoms with Crippen LogP contribution in [0.1, 0.15) is 43.2 Å². The van der Waals surface area contributed by atoms with E-state index in [0.29, 0.717) is 45.2 Å².